The number of nitrogens with two attached hydrogens (primary N) is 1. The molecule has 1 aromatic heterocycles. The van der Waals surface area contributed by atoms with E-state index in [-0.39, 0.29) is 5.82 Å². The van der Waals surface area contributed by atoms with Gasteiger partial charge in [-0.25, -0.2) is 9.37 Å². The number of anilines is 1. The summed E-state index contributed by atoms with van der Waals surface area (Å²) in [6, 6.07) is 11.7. The van der Waals surface area contributed by atoms with Crippen LogP contribution >= 0.6 is 0 Å². The normalized spacial score (nSPS) is 10.9. The fraction of sp³-hybridized carbons (Fsp3) is 0.133. The maximum absolute atomic E-state index is 13.2. The van der Waals surface area contributed by atoms with Crippen molar-refractivity contribution >= 4 is 16.7 Å². The third-order valence-corrected chi connectivity index (χ3v) is 3.16. The van der Waals surface area contributed by atoms with Gasteiger partial charge in [-0.1, -0.05) is 6.07 Å². The quantitative estimate of drug-likeness (QED) is 0.745. The molecular formula is C15H14FN3O. The smallest absolute Gasteiger partial charge is 0.147 e. The maximum atomic E-state index is 13.2. The highest BCUT2D eigenvalue weighted by atomic mass is 19.1. The van der Waals surface area contributed by atoms with Gasteiger partial charge >= 0.3 is 0 Å². The van der Waals surface area contributed by atoms with Crippen LogP contribution in [0.3, 0.4) is 0 Å². The van der Waals surface area contributed by atoms with Crippen molar-refractivity contribution in [2.24, 2.45) is 7.05 Å². The number of fused-ring (bicyclic) bond motifs is 1. The summed E-state index contributed by atoms with van der Waals surface area (Å²) in [6.07, 6.45) is 0. The molecule has 3 rings (SSSR count). The first-order chi connectivity index (χ1) is 9.63. The summed E-state index contributed by atoms with van der Waals surface area (Å²) in [5.41, 5.74) is 7.84. The lowest BCUT2D eigenvalue weighted by atomic mass is 10.3. The second-order valence-corrected chi connectivity index (χ2v) is 4.58. The van der Waals surface area contributed by atoms with E-state index in [0.717, 1.165) is 16.9 Å². The van der Waals surface area contributed by atoms with Gasteiger partial charge < -0.3 is 15.0 Å². The fourth-order valence-corrected chi connectivity index (χ4v) is 2.09. The Bertz CT molecular complexity index is 767. The molecule has 4 nitrogen and oxygen atoms in total. The number of imidazole rings is 1. The van der Waals surface area contributed by atoms with Crippen LogP contribution in [-0.2, 0) is 13.7 Å². The Kier molecular flexibility index (Phi) is 3.02. The molecule has 0 atom stereocenters. The zero-order chi connectivity index (χ0) is 14.1. The van der Waals surface area contributed by atoms with Crippen LogP contribution in [0.4, 0.5) is 10.1 Å². The van der Waals surface area contributed by atoms with Crippen LogP contribution < -0.4 is 10.5 Å². The average molecular weight is 271 g/mol. The van der Waals surface area contributed by atoms with E-state index in [2.05, 4.69) is 4.98 Å². The average Bonchev–Trinajstić information content (AvgIpc) is 2.73. The van der Waals surface area contributed by atoms with Crippen LogP contribution in [0.2, 0.25) is 0 Å². The Balaban J connectivity index is 1.86. The van der Waals surface area contributed by atoms with Gasteiger partial charge in [0.15, 0.2) is 0 Å². The Morgan fingerprint density at radius 1 is 1.25 bits per heavy atom. The van der Waals surface area contributed by atoms with Crippen molar-refractivity contribution in [2.45, 2.75) is 6.61 Å². The minimum Gasteiger partial charge on any atom is -0.486 e. The lowest BCUT2D eigenvalue weighted by Gasteiger charge is -2.06. The second kappa shape index (κ2) is 4.85. The summed E-state index contributed by atoms with van der Waals surface area (Å²) in [5.74, 6) is 1.14. The Hall–Kier alpha value is -2.56. The number of aromatic nitrogens is 2. The van der Waals surface area contributed by atoms with Gasteiger partial charge in [0.05, 0.1) is 11.0 Å². The lowest BCUT2D eigenvalue weighted by molar-refractivity contribution is 0.292. The number of hydrogen-bond donors (Lipinski definition) is 1. The molecule has 2 N–H and O–H groups in total. The van der Waals surface area contributed by atoms with E-state index in [0.29, 0.717) is 18.0 Å². The third kappa shape index (κ3) is 2.30. The molecule has 0 bridgehead atoms. The Labute approximate surface area is 115 Å². The number of nitrogen functional groups attached to an aromatic ring is 1. The van der Waals surface area contributed by atoms with Gasteiger partial charge in [-0.05, 0) is 30.3 Å². The number of benzene rings is 2. The summed E-state index contributed by atoms with van der Waals surface area (Å²) >= 11 is 0. The zero-order valence-corrected chi connectivity index (χ0v) is 11.0. The van der Waals surface area contributed by atoms with Crippen molar-refractivity contribution in [3.05, 3.63) is 54.1 Å². The molecule has 0 amide bonds. The van der Waals surface area contributed by atoms with Gasteiger partial charge in [-0.3, -0.25) is 0 Å². The van der Waals surface area contributed by atoms with Gasteiger partial charge in [-0.2, -0.15) is 0 Å². The SMILES string of the molecule is Cn1c(COc2cccc(N)c2)nc2ccc(F)cc21. The molecule has 2 aromatic carbocycles. The molecule has 0 radical (unpaired) electrons. The number of hydrogen-bond acceptors (Lipinski definition) is 3. The van der Waals surface area contributed by atoms with E-state index in [1.165, 1.54) is 12.1 Å². The number of nitrogens with zero attached hydrogens (tertiary/aromatic N) is 2. The first kappa shape index (κ1) is 12.5. The van der Waals surface area contributed by atoms with E-state index >= 15 is 0 Å². The number of aryl methyl sites for hydroxylation is 1. The highest BCUT2D eigenvalue weighted by molar-refractivity contribution is 5.75. The predicted octanol–water partition coefficient (Wildman–Crippen LogP) is 2.87. The van der Waals surface area contributed by atoms with Crippen LogP contribution in [0.1, 0.15) is 5.82 Å². The molecule has 0 aliphatic heterocycles. The standard InChI is InChI=1S/C15H14FN3O/c1-19-14-7-10(16)5-6-13(14)18-15(19)9-20-12-4-2-3-11(17)8-12/h2-8H,9,17H2,1H3. The van der Waals surface area contributed by atoms with E-state index in [1.807, 2.05) is 23.7 Å². The number of rotatable bonds is 3. The van der Waals surface area contributed by atoms with Crippen molar-refractivity contribution in [3.63, 3.8) is 0 Å². The summed E-state index contributed by atoms with van der Waals surface area (Å²) in [5, 5.41) is 0. The molecule has 0 unspecified atom stereocenters. The molecule has 3 aromatic rings. The van der Waals surface area contributed by atoms with Crippen LogP contribution in [0.5, 0.6) is 5.75 Å². The van der Waals surface area contributed by atoms with E-state index < -0.39 is 0 Å². The third-order valence-electron chi connectivity index (χ3n) is 3.16. The Morgan fingerprint density at radius 2 is 2.10 bits per heavy atom. The van der Waals surface area contributed by atoms with Gasteiger partial charge in [0.25, 0.3) is 0 Å². The van der Waals surface area contributed by atoms with Crippen molar-refractivity contribution in [1.29, 1.82) is 0 Å². The molecule has 0 saturated carbocycles. The van der Waals surface area contributed by atoms with Crippen LogP contribution in [0.25, 0.3) is 11.0 Å². The van der Waals surface area contributed by atoms with Crippen molar-refractivity contribution in [2.75, 3.05) is 5.73 Å². The topological polar surface area (TPSA) is 53.1 Å². The van der Waals surface area contributed by atoms with Gasteiger partial charge in [-0.15, -0.1) is 0 Å². The summed E-state index contributed by atoms with van der Waals surface area (Å²) in [6.45, 7) is 0.302. The van der Waals surface area contributed by atoms with Gasteiger partial charge in [0.2, 0.25) is 0 Å². The largest absolute Gasteiger partial charge is 0.486 e. The van der Waals surface area contributed by atoms with E-state index in [4.69, 9.17) is 10.5 Å². The zero-order valence-electron chi connectivity index (χ0n) is 11.0. The molecular weight excluding hydrogens is 257 g/mol. The summed E-state index contributed by atoms with van der Waals surface area (Å²) in [4.78, 5) is 4.43. The molecule has 0 aliphatic carbocycles. The molecule has 0 fully saturated rings. The predicted molar refractivity (Wildman–Crippen MR) is 75.9 cm³/mol. The maximum Gasteiger partial charge on any atom is 0.147 e. The molecule has 0 aliphatic rings. The van der Waals surface area contributed by atoms with Crippen LogP contribution in [-0.4, -0.2) is 9.55 Å². The highest BCUT2D eigenvalue weighted by Gasteiger charge is 2.09. The lowest BCUT2D eigenvalue weighted by Crippen LogP contribution is -2.03. The van der Waals surface area contributed by atoms with Crippen molar-refractivity contribution in [1.82, 2.24) is 9.55 Å². The van der Waals surface area contributed by atoms with Crippen molar-refractivity contribution < 1.29 is 9.13 Å². The fourth-order valence-electron chi connectivity index (χ4n) is 2.09. The molecule has 5 heteroatoms. The molecule has 0 saturated heterocycles. The monoisotopic (exact) mass is 271 g/mol. The first-order valence-electron chi connectivity index (χ1n) is 6.23. The van der Waals surface area contributed by atoms with Crippen LogP contribution in [0, 0.1) is 5.82 Å². The van der Waals surface area contributed by atoms with Gasteiger partial charge in [0.1, 0.15) is 24.0 Å². The molecule has 20 heavy (non-hydrogen) atoms. The molecule has 0 spiro atoms. The first-order valence-corrected chi connectivity index (χ1v) is 6.23. The number of halogens is 1. The Morgan fingerprint density at radius 3 is 2.90 bits per heavy atom. The van der Waals surface area contributed by atoms with Gasteiger partial charge in [0, 0.05) is 18.8 Å². The van der Waals surface area contributed by atoms with Crippen LogP contribution in [0.15, 0.2) is 42.5 Å². The molecule has 102 valence electrons. The minimum absolute atomic E-state index is 0.274. The van der Waals surface area contributed by atoms with Crippen molar-refractivity contribution in [3.8, 4) is 5.75 Å². The van der Waals surface area contributed by atoms with E-state index in [9.17, 15) is 4.39 Å². The minimum atomic E-state index is -0.274. The number of ether oxygens (including phenoxy) is 1. The summed E-state index contributed by atoms with van der Waals surface area (Å²) < 4.78 is 20.7. The van der Waals surface area contributed by atoms with E-state index in [1.54, 1.807) is 18.2 Å². The second-order valence-electron chi connectivity index (χ2n) is 4.58. The summed E-state index contributed by atoms with van der Waals surface area (Å²) in [7, 11) is 1.84. The molecule has 1 heterocycles. The highest BCUT2D eigenvalue weighted by Crippen LogP contribution is 2.19.